The minimum absolute atomic E-state index is 0.0747. The van der Waals surface area contributed by atoms with Crippen LogP contribution in [0.5, 0.6) is 5.75 Å². The number of hydrogen-bond acceptors (Lipinski definition) is 5. The zero-order valence-corrected chi connectivity index (χ0v) is 14.1. The van der Waals surface area contributed by atoms with Crippen LogP contribution in [0, 0.1) is 0 Å². The van der Waals surface area contributed by atoms with Crippen molar-refractivity contribution in [3.05, 3.63) is 54.0 Å². The summed E-state index contributed by atoms with van der Waals surface area (Å²) < 4.78 is 29.6. The van der Waals surface area contributed by atoms with Gasteiger partial charge in [0.2, 0.25) is 5.91 Å². The Labute approximate surface area is 143 Å². The molecule has 130 valence electrons. The van der Waals surface area contributed by atoms with Crippen LogP contribution >= 0.6 is 0 Å². The van der Waals surface area contributed by atoms with E-state index in [1.54, 1.807) is 31.5 Å². The van der Waals surface area contributed by atoms with E-state index in [9.17, 15) is 9.00 Å². The topological polar surface area (TPSA) is 92.0 Å². The summed E-state index contributed by atoms with van der Waals surface area (Å²) in [5.74, 6) is 1.04. The van der Waals surface area contributed by atoms with Crippen LogP contribution in [-0.2, 0) is 29.1 Å². The molecular weight excluding hydrogens is 332 g/mol. The van der Waals surface area contributed by atoms with Gasteiger partial charge in [0, 0.05) is 13.6 Å². The summed E-state index contributed by atoms with van der Waals surface area (Å²) in [6.07, 6.45) is 2.26. The van der Waals surface area contributed by atoms with E-state index >= 15 is 0 Å². The number of amides is 1. The van der Waals surface area contributed by atoms with Gasteiger partial charge in [-0.05, 0) is 36.2 Å². The first kappa shape index (κ1) is 18.2. The Bertz CT molecular complexity index is 675. The van der Waals surface area contributed by atoms with Gasteiger partial charge in [-0.25, -0.2) is 0 Å². The first-order valence-electron chi connectivity index (χ1n) is 7.40. The molecule has 2 aromatic rings. The fraction of sp³-hybridized carbons (Fsp3) is 0.312. The second kappa shape index (κ2) is 9.21. The van der Waals surface area contributed by atoms with Crippen molar-refractivity contribution in [3.8, 4) is 5.75 Å². The molecule has 2 rings (SSSR count). The highest BCUT2D eigenvalue weighted by atomic mass is 32.2. The second-order valence-electron chi connectivity index (χ2n) is 5.16. The van der Waals surface area contributed by atoms with Crippen molar-refractivity contribution >= 4 is 17.3 Å². The van der Waals surface area contributed by atoms with Crippen molar-refractivity contribution in [3.63, 3.8) is 0 Å². The third kappa shape index (κ3) is 6.15. The quantitative estimate of drug-likeness (QED) is 0.666. The molecule has 2 N–H and O–H groups in total. The lowest BCUT2D eigenvalue weighted by Gasteiger charge is -2.20. The second-order valence-corrected chi connectivity index (χ2v) is 5.76. The predicted octanol–water partition coefficient (Wildman–Crippen LogP) is 1.59. The maximum atomic E-state index is 11.7. The van der Waals surface area contributed by atoms with Gasteiger partial charge in [0.25, 0.3) is 0 Å². The molecule has 0 saturated carbocycles. The summed E-state index contributed by atoms with van der Waals surface area (Å²) in [6.45, 7) is 1.41. The SMILES string of the molecule is CNC(=O)CN(CCc1cccc(OS(=O)O)c1)Cc1ccco1. The molecule has 1 heterocycles. The van der Waals surface area contributed by atoms with Gasteiger partial charge < -0.3 is 13.9 Å². The van der Waals surface area contributed by atoms with Crippen LogP contribution in [0.15, 0.2) is 47.1 Å². The zero-order chi connectivity index (χ0) is 17.4. The van der Waals surface area contributed by atoms with Crippen molar-refractivity contribution in [1.29, 1.82) is 0 Å². The minimum atomic E-state index is -2.34. The molecule has 1 aromatic carbocycles. The maximum Gasteiger partial charge on any atom is 0.357 e. The molecular formula is C16H20N2O5S. The monoisotopic (exact) mass is 352 g/mol. The van der Waals surface area contributed by atoms with Gasteiger partial charge in [-0.1, -0.05) is 12.1 Å². The van der Waals surface area contributed by atoms with Crippen LogP contribution in [0.4, 0.5) is 0 Å². The average molecular weight is 352 g/mol. The molecule has 0 aliphatic carbocycles. The Morgan fingerprint density at radius 1 is 1.38 bits per heavy atom. The van der Waals surface area contributed by atoms with Crippen molar-refractivity contribution < 1.29 is 22.2 Å². The number of hydrogen-bond donors (Lipinski definition) is 2. The minimum Gasteiger partial charge on any atom is -0.468 e. The molecule has 8 heteroatoms. The summed E-state index contributed by atoms with van der Waals surface area (Å²) >= 11 is -2.34. The van der Waals surface area contributed by atoms with E-state index in [1.807, 2.05) is 23.1 Å². The lowest BCUT2D eigenvalue weighted by atomic mass is 10.1. The summed E-state index contributed by atoms with van der Waals surface area (Å²) in [4.78, 5) is 13.6. The third-order valence-electron chi connectivity index (χ3n) is 3.39. The van der Waals surface area contributed by atoms with Crippen LogP contribution in [-0.4, -0.2) is 39.7 Å². The van der Waals surface area contributed by atoms with E-state index in [0.29, 0.717) is 25.3 Å². The molecule has 7 nitrogen and oxygen atoms in total. The van der Waals surface area contributed by atoms with Gasteiger partial charge in [0.1, 0.15) is 11.5 Å². The standard InChI is InChI=1S/C16H20N2O5S/c1-17-16(19)12-18(11-15-6-3-9-22-15)8-7-13-4-2-5-14(10-13)23-24(20)21/h2-6,9-10H,7-8,11-12H2,1H3,(H,17,19)(H,20,21). The molecule has 1 aromatic heterocycles. The molecule has 0 saturated heterocycles. The van der Waals surface area contributed by atoms with E-state index in [1.165, 1.54) is 0 Å². The zero-order valence-electron chi connectivity index (χ0n) is 13.3. The van der Waals surface area contributed by atoms with Crippen LogP contribution < -0.4 is 9.50 Å². The van der Waals surface area contributed by atoms with Gasteiger partial charge in [0.15, 0.2) is 0 Å². The summed E-state index contributed by atoms with van der Waals surface area (Å²) in [5, 5.41) is 2.61. The van der Waals surface area contributed by atoms with Crippen LogP contribution in [0.25, 0.3) is 0 Å². The highest BCUT2D eigenvalue weighted by molar-refractivity contribution is 7.74. The number of furan rings is 1. The number of rotatable bonds is 9. The van der Waals surface area contributed by atoms with Crippen LogP contribution in [0.2, 0.25) is 0 Å². The molecule has 1 unspecified atom stereocenters. The van der Waals surface area contributed by atoms with E-state index in [-0.39, 0.29) is 12.5 Å². The number of likely N-dealkylation sites (N-methyl/N-ethyl adjacent to an activating group) is 1. The maximum absolute atomic E-state index is 11.7. The Morgan fingerprint density at radius 3 is 2.88 bits per heavy atom. The van der Waals surface area contributed by atoms with Crippen molar-refractivity contribution in [2.24, 2.45) is 0 Å². The van der Waals surface area contributed by atoms with Gasteiger partial charge in [0.05, 0.1) is 19.4 Å². The molecule has 0 bridgehead atoms. The van der Waals surface area contributed by atoms with Gasteiger partial charge in [-0.2, -0.15) is 4.21 Å². The highest BCUT2D eigenvalue weighted by Gasteiger charge is 2.12. The van der Waals surface area contributed by atoms with Crippen LogP contribution in [0.1, 0.15) is 11.3 Å². The molecule has 0 aliphatic heterocycles. The fourth-order valence-electron chi connectivity index (χ4n) is 2.24. The molecule has 24 heavy (non-hydrogen) atoms. The summed E-state index contributed by atoms with van der Waals surface area (Å²) in [6, 6.07) is 10.7. The van der Waals surface area contributed by atoms with E-state index < -0.39 is 11.4 Å². The Balaban J connectivity index is 1.98. The van der Waals surface area contributed by atoms with Crippen molar-refractivity contribution in [2.45, 2.75) is 13.0 Å². The first-order valence-corrected chi connectivity index (χ1v) is 8.43. The molecule has 1 amide bonds. The average Bonchev–Trinajstić information content (AvgIpc) is 3.05. The molecule has 0 aliphatic rings. The van der Waals surface area contributed by atoms with Crippen LogP contribution in [0.3, 0.4) is 0 Å². The first-order chi connectivity index (χ1) is 11.6. The molecule has 1 atom stereocenters. The van der Waals surface area contributed by atoms with E-state index in [2.05, 4.69) is 5.32 Å². The summed E-state index contributed by atoms with van der Waals surface area (Å²) in [7, 11) is 1.60. The van der Waals surface area contributed by atoms with Gasteiger partial charge in [-0.3, -0.25) is 14.2 Å². The lowest BCUT2D eigenvalue weighted by Crippen LogP contribution is -2.36. The Morgan fingerprint density at radius 2 is 2.21 bits per heavy atom. The van der Waals surface area contributed by atoms with Gasteiger partial charge >= 0.3 is 11.4 Å². The van der Waals surface area contributed by atoms with Crippen molar-refractivity contribution in [1.82, 2.24) is 10.2 Å². The molecule has 0 spiro atoms. The highest BCUT2D eigenvalue weighted by Crippen LogP contribution is 2.15. The summed E-state index contributed by atoms with van der Waals surface area (Å²) in [5.41, 5.74) is 0.944. The van der Waals surface area contributed by atoms with E-state index in [4.69, 9.17) is 13.2 Å². The molecule has 0 fully saturated rings. The smallest absolute Gasteiger partial charge is 0.357 e. The number of nitrogens with zero attached hydrogens (tertiary/aromatic N) is 1. The Kier molecular flexibility index (Phi) is 6.98. The fourth-order valence-corrected chi connectivity index (χ4v) is 2.51. The number of benzene rings is 1. The number of nitrogens with one attached hydrogen (secondary N) is 1. The number of carbonyl (C=O) groups excluding carboxylic acids is 1. The van der Waals surface area contributed by atoms with Gasteiger partial charge in [-0.15, -0.1) is 0 Å². The van der Waals surface area contributed by atoms with E-state index in [0.717, 1.165) is 11.3 Å². The number of carbonyl (C=O) groups is 1. The Hall–Kier alpha value is -2.16. The normalized spacial score (nSPS) is 12.1. The predicted molar refractivity (Wildman–Crippen MR) is 89.6 cm³/mol. The lowest BCUT2D eigenvalue weighted by molar-refractivity contribution is -0.121. The third-order valence-corrected chi connectivity index (χ3v) is 3.72. The largest absolute Gasteiger partial charge is 0.468 e. The van der Waals surface area contributed by atoms with Crippen molar-refractivity contribution in [2.75, 3.05) is 20.1 Å². The molecule has 0 radical (unpaired) electrons.